The first-order valence-corrected chi connectivity index (χ1v) is 7.28. The zero-order valence-electron chi connectivity index (χ0n) is 12.5. The van der Waals surface area contributed by atoms with E-state index in [0.717, 1.165) is 31.0 Å². The van der Waals surface area contributed by atoms with Crippen LogP contribution >= 0.6 is 0 Å². The van der Waals surface area contributed by atoms with Crippen molar-refractivity contribution in [3.8, 4) is 0 Å². The molecule has 4 nitrogen and oxygen atoms in total. The van der Waals surface area contributed by atoms with Crippen molar-refractivity contribution >= 4 is 0 Å². The van der Waals surface area contributed by atoms with E-state index in [2.05, 4.69) is 53.6 Å². The lowest BCUT2D eigenvalue weighted by atomic mass is 10.00. The minimum absolute atomic E-state index is 0.239. The maximum Gasteiger partial charge on any atom is 0.231 e. The fraction of sp³-hybridized carbons (Fsp3) is 0.500. The summed E-state index contributed by atoms with van der Waals surface area (Å²) in [5.41, 5.74) is 1.30. The Balaban J connectivity index is 1.95. The second-order valence-electron chi connectivity index (χ2n) is 5.13. The van der Waals surface area contributed by atoms with E-state index in [-0.39, 0.29) is 5.92 Å². The summed E-state index contributed by atoms with van der Waals surface area (Å²) in [5.74, 6) is 1.76. The van der Waals surface area contributed by atoms with Gasteiger partial charge in [0.25, 0.3) is 0 Å². The van der Waals surface area contributed by atoms with E-state index in [9.17, 15) is 0 Å². The summed E-state index contributed by atoms with van der Waals surface area (Å²) in [6.07, 6.45) is 2.80. The summed E-state index contributed by atoms with van der Waals surface area (Å²) in [4.78, 5) is 4.52. The molecule has 0 saturated heterocycles. The first kappa shape index (κ1) is 14.7. The van der Waals surface area contributed by atoms with Crippen molar-refractivity contribution in [1.82, 2.24) is 15.5 Å². The molecular formula is C16H23N3O. The van der Waals surface area contributed by atoms with Gasteiger partial charge in [0.05, 0.1) is 5.92 Å². The lowest BCUT2D eigenvalue weighted by Crippen LogP contribution is -2.30. The normalized spacial score (nSPS) is 14.2. The van der Waals surface area contributed by atoms with Gasteiger partial charge in [-0.1, -0.05) is 49.3 Å². The molecule has 2 unspecified atom stereocenters. The quantitative estimate of drug-likeness (QED) is 0.842. The second-order valence-corrected chi connectivity index (χ2v) is 5.13. The van der Waals surface area contributed by atoms with Crippen LogP contribution < -0.4 is 5.32 Å². The fourth-order valence-corrected chi connectivity index (χ4v) is 2.43. The molecule has 2 aromatic rings. The van der Waals surface area contributed by atoms with Crippen LogP contribution in [0.4, 0.5) is 0 Å². The van der Waals surface area contributed by atoms with Gasteiger partial charge in [-0.3, -0.25) is 0 Å². The maximum absolute atomic E-state index is 5.40. The van der Waals surface area contributed by atoms with E-state index in [4.69, 9.17) is 4.52 Å². The Morgan fingerprint density at radius 1 is 1.20 bits per heavy atom. The molecule has 0 radical (unpaired) electrons. The van der Waals surface area contributed by atoms with Crippen LogP contribution in [0.3, 0.4) is 0 Å². The number of rotatable bonds is 7. The summed E-state index contributed by atoms with van der Waals surface area (Å²) in [5, 5.41) is 7.38. The van der Waals surface area contributed by atoms with E-state index in [0.29, 0.717) is 6.04 Å². The van der Waals surface area contributed by atoms with Crippen LogP contribution in [0, 0.1) is 0 Å². The average Bonchev–Trinajstić information content (AvgIpc) is 2.96. The summed E-state index contributed by atoms with van der Waals surface area (Å²) >= 11 is 0. The molecule has 1 heterocycles. The monoisotopic (exact) mass is 273 g/mol. The first-order valence-electron chi connectivity index (χ1n) is 7.28. The van der Waals surface area contributed by atoms with Crippen LogP contribution in [0.15, 0.2) is 34.9 Å². The number of likely N-dealkylation sites (N-methyl/N-ethyl adjacent to an activating group) is 1. The van der Waals surface area contributed by atoms with Crippen molar-refractivity contribution in [2.45, 2.75) is 45.1 Å². The smallest absolute Gasteiger partial charge is 0.231 e. The Labute approximate surface area is 120 Å². The molecule has 0 spiro atoms. The molecule has 0 fully saturated rings. The predicted octanol–water partition coefficient (Wildman–Crippen LogP) is 2.96. The SMILES string of the molecule is CCC(NC)C(C)c1nc(CCc2ccccc2)no1. The van der Waals surface area contributed by atoms with E-state index < -0.39 is 0 Å². The zero-order valence-corrected chi connectivity index (χ0v) is 12.5. The summed E-state index contributed by atoms with van der Waals surface area (Å²) in [6.45, 7) is 4.28. The van der Waals surface area contributed by atoms with Gasteiger partial charge in [0.2, 0.25) is 5.89 Å². The number of hydrogen-bond donors (Lipinski definition) is 1. The molecule has 1 aromatic carbocycles. The summed E-state index contributed by atoms with van der Waals surface area (Å²) in [6, 6.07) is 10.8. The highest BCUT2D eigenvalue weighted by Crippen LogP contribution is 2.19. The molecule has 0 aliphatic carbocycles. The highest BCUT2D eigenvalue weighted by molar-refractivity contribution is 5.15. The third-order valence-electron chi connectivity index (χ3n) is 3.77. The van der Waals surface area contributed by atoms with Gasteiger partial charge in [0, 0.05) is 12.5 Å². The largest absolute Gasteiger partial charge is 0.339 e. The molecule has 20 heavy (non-hydrogen) atoms. The Morgan fingerprint density at radius 2 is 1.95 bits per heavy atom. The number of aromatic nitrogens is 2. The molecule has 1 aromatic heterocycles. The van der Waals surface area contributed by atoms with Gasteiger partial charge in [-0.25, -0.2) is 0 Å². The van der Waals surface area contributed by atoms with E-state index in [1.807, 2.05) is 13.1 Å². The molecule has 0 aliphatic rings. The first-order chi connectivity index (χ1) is 9.74. The highest BCUT2D eigenvalue weighted by atomic mass is 16.5. The molecular weight excluding hydrogens is 250 g/mol. The topological polar surface area (TPSA) is 51.0 Å². The minimum atomic E-state index is 0.239. The van der Waals surface area contributed by atoms with Crippen LogP contribution in [-0.4, -0.2) is 23.2 Å². The van der Waals surface area contributed by atoms with Crippen molar-refractivity contribution < 1.29 is 4.52 Å². The molecule has 0 bridgehead atoms. The van der Waals surface area contributed by atoms with Crippen molar-refractivity contribution in [2.75, 3.05) is 7.05 Å². The van der Waals surface area contributed by atoms with Crippen molar-refractivity contribution in [1.29, 1.82) is 0 Å². The molecule has 2 atom stereocenters. The van der Waals surface area contributed by atoms with Crippen molar-refractivity contribution in [2.24, 2.45) is 0 Å². The van der Waals surface area contributed by atoms with Gasteiger partial charge in [0.15, 0.2) is 5.82 Å². The Bertz CT molecular complexity index is 505. The van der Waals surface area contributed by atoms with Gasteiger partial charge >= 0.3 is 0 Å². The predicted molar refractivity (Wildman–Crippen MR) is 79.7 cm³/mol. The Morgan fingerprint density at radius 3 is 2.60 bits per heavy atom. The van der Waals surface area contributed by atoms with Gasteiger partial charge in [0.1, 0.15) is 0 Å². The number of hydrogen-bond acceptors (Lipinski definition) is 4. The van der Waals surface area contributed by atoms with Crippen LogP contribution in [0.5, 0.6) is 0 Å². The lowest BCUT2D eigenvalue weighted by Gasteiger charge is -2.18. The molecule has 2 rings (SSSR count). The van der Waals surface area contributed by atoms with Gasteiger partial charge < -0.3 is 9.84 Å². The van der Waals surface area contributed by atoms with E-state index in [1.54, 1.807) is 0 Å². The third kappa shape index (κ3) is 3.67. The zero-order chi connectivity index (χ0) is 14.4. The molecule has 0 saturated carbocycles. The molecule has 1 N–H and O–H groups in total. The maximum atomic E-state index is 5.40. The van der Waals surface area contributed by atoms with Gasteiger partial charge in [-0.15, -0.1) is 0 Å². The second kappa shape index (κ2) is 7.20. The summed E-state index contributed by atoms with van der Waals surface area (Å²) < 4.78 is 5.40. The van der Waals surface area contributed by atoms with E-state index >= 15 is 0 Å². The van der Waals surface area contributed by atoms with Crippen molar-refractivity contribution in [3.05, 3.63) is 47.6 Å². The van der Waals surface area contributed by atoms with Gasteiger partial charge in [-0.2, -0.15) is 4.98 Å². The molecule has 108 valence electrons. The number of benzene rings is 1. The van der Waals surface area contributed by atoms with Crippen LogP contribution in [0.25, 0.3) is 0 Å². The highest BCUT2D eigenvalue weighted by Gasteiger charge is 2.21. The molecule has 0 amide bonds. The molecule has 4 heteroatoms. The fourth-order valence-electron chi connectivity index (χ4n) is 2.43. The number of nitrogens with zero attached hydrogens (tertiary/aromatic N) is 2. The molecule has 0 aliphatic heterocycles. The van der Waals surface area contributed by atoms with Gasteiger partial charge in [-0.05, 0) is 25.5 Å². The van der Waals surface area contributed by atoms with E-state index in [1.165, 1.54) is 5.56 Å². The third-order valence-corrected chi connectivity index (χ3v) is 3.77. The Hall–Kier alpha value is -1.68. The standard InChI is InChI=1S/C16H23N3O/c1-4-14(17-3)12(2)16-18-15(19-20-16)11-10-13-8-6-5-7-9-13/h5-9,12,14,17H,4,10-11H2,1-3H3. The minimum Gasteiger partial charge on any atom is -0.339 e. The van der Waals surface area contributed by atoms with Crippen LogP contribution in [0.2, 0.25) is 0 Å². The summed E-state index contributed by atoms with van der Waals surface area (Å²) in [7, 11) is 1.97. The van der Waals surface area contributed by atoms with Crippen LogP contribution in [-0.2, 0) is 12.8 Å². The average molecular weight is 273 g/mol. The Kier molecular flexibility index (Phi) is 5.30. The number of aryl methyl sites for hydroxylation is 2. The van der Waals surface area contributed by atoms with Crippen molar-refractivity contribution in [3.63, 3.8) is 0 Å². The lowest BCUT2D eigenvalue weighted by molar-refractivity contribution is 0.324. The number of nitrogens with one attached hydrogen (secondary N) is 1. The van der Waals surface area contributed by atoms with Crippen LogP contribution in [0.1, 0.15) is 43.5 Å².